The average molecular weight is 440 g/mol. The Bertz CT molecular complexity index is 1020. The Balaban J connectivity index is 0.000000668. The number of benzene rings is 4. The van der Waals surface area contributed by atoms with E-state index in [0.717, 1.165) is 18.6 Å². The quantitative estimate of drug-likeness (QED) is 0.379. The monoisotopic (exact) mass is 439 g/mol. The van der Waals surface area contributed by atoms with Gasteiger partial charge in [-0.2, -0.15) is 0 Å². The lowest BCUT2D eigenvalue weighted by atomic mass is 10.1. The molecule has 0 aliphatic rings. The lowest BCUT2D eigenvalue weighted by molar-refractivity contribution is -0.134. The third-order valence-electron chi connectivity index (χ3n) is 5.23. The summed E-state index contributed by atoms with van der Waals surface area (Å²) in [6.45, 7) is 4.97. The molecule has 0 amide bonds. The molecule has 3 heteroatoms. The van der Waals surface area contributed by atoms with Crippen molar-refractivity contribution < 1.29 is 9.90 Å². The van der Waals surface area contributed by atoms with Gasteiger partial charge in [-0.15, -0.1) is 0 Å². The third kappa shape index (κ3) is 5.60. The molecular weight excluding hydrogens is 411 g/mol. The normalized spacial score (nSPS) is 10.5. The van der Waals surface area contributed by atoms with Gasteiger partial charge in [-0.3, -0.25) is 4.79 Å². The van der Waals surface area contributed by atoms with Crippen LogP contribution < -0.4 is 15.9 Å². The van der Waals surface area contributed by atoms with Crippen molar-refractivity contribution in [3.05, 3.63) is 133 Å². The van der Waals surface area contributed by atoms with E-state index < -0.39 is 13.2 Å². The molecule has 0 saturated heterocycles. The Morgan fingerprint density at radius 3 is 1.38 bits per heavy atom. The summed E-state index contributed by atoms with van der Waals surface area (Å²) in [5, 5.41) is 11.7. The van der Waals surface area contributed by atoms with Crippen molar-refractivity contribution in [2.75, 3.05) is 0 Å². The second kappa shape index (κ2) is 11.2. The zero-order valence-electron chi connectivity index (χ0n) is 18.3. The molecule has 2 nitrogen and oxygen atoms in total. The first kappa shape index (κ1) is 23.2. The van der Waals surface area contributed by atoms with E-state index in [0.29, 0.717) is 0 Å². The number of carbonyl (C=O) groups is 1. The highest BCUT2D eigenvalue weighted by Crippen LogP contribution is 2.58. The highest BCUT2D eigenvalue weighted by Gasteiger charge is 2.33. The van der Waals surface area contributed by atoms with Crippen LogP contribution in [0.15, 0.2) is 122 Å². The minimum atomic E-state index is -1.82. The number of aliphatic carboxylic acids is 1. The Morgan fingerprint density at radius 2 is 1.06 bits per heavy atom. The van der Waals surface area contributed by atoms with E-state index in [-0.39, 0.29) is 0 Å². The van der Waals surface area contributed by atoms with Gasteiger partial charge in [0.25, 0.3) is 5.97 Å². The molecule has 4 rings (SSSR count). The van der Waals surface area contributed by atoms with Crippen molar-refractivity contribution in [2.24, 2.45) is 0 Å². The Morgan fingerprint density at radius 1 is 0.719 bits per heavy atom. The molecule has 0 heterocycles. The number of carboxylic acid groups (broad SMARTS) is 1. The maximum absolute atomic E-state index is 9.00. The molecule has 0 spiro atoms. The summed E-state index contributed by atoms with van der Waals surface area (Å²) in [5.74, 6) is -0.833. The highest BCUT2D eigenvalue weighted by molar-refractivity contribution is 7.95. The molecule has 0 bridgehead atoms. The Hall–Kier alpha value is -3.48. The number of hydrogen-bond donors (Lipinski definition) is 1. The van der Waals surface area contributed by atoms with Gasteiger partial charge in [0, 0.05) is 13.1 Å². The minimum absolute atomic E-state index is 0.833. The van der Waals surface area contributed by atoms with Gasteiger partial charge in [-0.1, -0.05) is 128 Å². The fraction of sp³-hybridized carbons (Fsp3) is 0.0690. The van der Waals surface area contributed by atoms with Crippen LogP contribution in [-0.4, -0.2) is 11.1 Å². The van der Waals surface area contributed by atoms with Gasteiger partial charge in [-0.05, 0) is 34.3 Å². The lowest BCUT2D eigenvalue weighted by Crippen LogP contribution is -2.32. The van der Waals surface area contributed by atoms with Crippen LogP contribution in [0.2, 0.25) is 0 Å². The van der Waals surface area contributed by atoms with Crippen molar-refractivity contribution in [3.63, 3.8) is 0 Å². The molecule has 0 aromatic heterocycles. The molecule has 4 aromatic carbocycles. The smallest absolute Gasteiger partial charge is 0.300 e. The van der Waals surface area contributed by atoms with Crippen molar-refractivity contribution in [1.82, 2.24) is 0 Å². The second-order valence-electron chi connectivity index (χ2n) is 7.44. The number of rotatable bonds is 6. The largest absolute Gasteiger partial charge is 0.481 e. The summed E-state index contributed by atoms with van der Waals surface area (Å²) in [4.78, 5) is 9.00. The van der Waals surface area contributed by atoms with Crippen LogP contribution in [0.25, 0.3) is 6.08 Å². The molecule has 1 N–H and O–H groups in total. The minimum Gasteiger partial charge on any atom is -0.481 e. The molecule has 0 unspecified atom stereocenters. The molecule has 1 radical (unpaired) electrons. The van der Waals surface area contributed by atoms with Crippen LogP contribution in [0.3, 0.4) is 0 Å². The number of hydrogen-bond acceptors (Lipinski definition) is 1. The van der Waals surface area contributed by atoms with Gasteiger partial charge in [0.05, 0.1) is 0 Å². The fourth-order valence-corrected chi connectivity index (χ4v) is 8.05. The summed E-state index contributed by atoms with van der Waals surface area (Å²) >= 11 is 0. The van der Waals surface area contributed by atoms with Gasteiger partial charge in [0.15, 0.2) is 0 Å². The van der Waals surface area contributed by atoms with Gasteiger partial charge >= 0.3 is 0 Å². The molecule has 32 heavy (non-hydrogen) atoms. The maximum Gasteiger partial charge on any atom is 0.300 e. The van der Waals surface area contributed by atoms with E-state index >= 15 is 0 Å². The van der Waals surface area contributed by atoms with Gasteiger partial charge < -0.3 is 5.11 Å². The third-order valence-corrected chi connectivity index (χ3v) is 9.60. The predicted octanol–water partition coefficient (Wildman–Crippen LogP) is 5.91. The van der Waals surface area contributed by atoms with Gasteiger partial charge in [-0.25, -0.2) is 0 Å². The molecule has 0 aliphatic carbocycles. The van der Waals surface area contributed by atoms with Crippen LogP contribution in [0.4, 0.5) is 0 Å². The van der Waals surface area contributed by atoms with Crippen LogP contribution in [0.5, 0.6) is 0 Å². The van der Waals surface area contributed by atoms with Gasteiger partial charge in [0.1, 0.15) is 0 Å². The van der Waals surface area contributed by atoms with E-state index in [1.54, 1.807) is 0 Å². The topological polar surface area (TPSA) is 37.3 Å². The molecule has 161 valence electrons. The van der Waals surface area contributed by atoms with E-state index in [1.807, 2.05) is 6.08 Å². The highest BCUT2D eigenvalue weighted by atomic mass is 31.2. The Labute approximate surface area is 191 Å². The van der Waals surface area contributed by atoms with Crippen LogP contribution >= 0.6 is 7.26 Å². The second-order valence-corrected chi connectivity index (χ2v) is 10.9. The van der Waals surface area contributed by atoms with E-state index in [1.165, 1.54) is 21.5 Å². The van der Waals surface area contributed by atoms with Crippen LogP contribution in [-0.2, 0) is 11.0 Å². The first-order valence-electron chi connectivity index (χ1n) is 10.5. The summed E-state index contributed by atoms with van der Waals surface area (Å²) in [6.07, 6.45) is 2.90. The zero-order valence-corrected chi connectivity index (χ0v) is 19.2. The first-order chi connectivity index (χ1) is 15.6. The summed E-state index contributed by atoms with van der Waals surface area (Å²) in [5.41, 5.74) is 2.52. The van der Waals surface area contributed by atoms with E-state index in [4.69, 9.17) is 9.90 Å². The van der Waals surface area contributed by atoms with Crippen molar-refractivity contribution >= 4 is 35.2 Å². The average Bonchev–Trinajstić information content (AvgIpc) is 2.84. The Kier molecular flexibility index (Phi) is 8.14. The molecule has 4 aromatic rings. The maximum atomic E-state index is 9.00. The molecule has 0 atom stereocenters. The predicted molar refractivity (Wildman–Crippen MR) is 139 cm³/mol. The SMILES string of the molecule is C=Cc1ccc(C[P](c2ccccc2)(c2ccccc2)c2ccccc2)cc1.CC(=O)O. The van der Waals surface area contributed by atoms with Crippen LogP contribution in [0.1, 0.15) is 18.1 Å². The first-order valence-corrected chi connectivity index (χ1v) is 12.5. The number of carboxylic acids is 1. The fourth-order valence-electron chi connectivity index (χ4n) is 3.80. The summed E-state index contributed by atoms with van der Waals surface area (Å²) in [6, 6.07) is 41.9. The van der Waals surface area contributed by atoms with E-state index in [2.05, 4.69) is 122 Å². The molecule has 0 saturated carbocycles. The molecule has 0 fully saturated rings. The zero-order chi connectivity index (χ0) is 22.8. The molecular formula is C29H28O2P. The van der Waals surface area contributed by atoms with Gasteiger partial charge in [0.2, 0.25) is 0 Å². The standard InChI is InChI=1S/C27H24P.C2H4O2/c1-2-23-18-20-24(21-19-23)22-28(25-12-6-3-7-13-25,26-14-8-4-9-15-26)27-16-10-5-11-17-27;1-2(3)4/h2-21H,1,22H2;1H3,(H,3,4). The van der Waals surface area contributed by atoms with Crippen molar-refractivity contribution in [3.8, 4) is 0 Å². The van der Waals surface area contributed by atoms with Crippen molar-refractivity contribution in [1.29, 1.82) is 0 Å². The summed E-state index contributed by atoms with van der Waals surface area (Å²) < 4.78 is 0. The summed E-state index contributed by atoms with van der Waals surface area (Å²) in [7, 11) is -1.82. The van der Waals surface area contributed by atoms with Crippen LogP contribution in [0, 0.1) is 0 Å². The lowest BCUT2D eigenvalue weighted by Gasteiger charge is -2.38. The van der Waals surface area contributed by atoms with E-state index in [9.17, 15) is 0 Å². The molecule has 0 aliphatic heterocycles. The van der Waals surface area contributed by atoms with Crippen molar-refractivity contribution in [2.45, 2.75) is 13.1 Å².